The summed E-state index contributed by atoms with van der Waals surface area (Å²) >= 11 is 0. The van der Waals surface area contributed by atoms with Crippen LogP contribution in [-0.2, 0) is 0 Å². The molecule has 4 heteroatoms. The minimum atomic E-state index is 0.123. The number of fused-ring (bicyclic) bond motifs is 1. The maximum Gasteiger partial charge on any atom is 0.220 e. The summed E-state index contributed by atoms with van der Waals surface area (Å²) in [4.78, 5) is 11.2. The summed E-state index contributed by atoms with van der Waals surface area (Å²) < 4.78 is 5.18. The van der Waals surface area contributed by atoms with Gasteiger partial charge in [0.15, 0.2) is 5.78 Å². The number of rotatable bonds is 0. The molecule has 0 saturated carbocycles. The second-order valence-corrected chi connectivity index (χ2v) is 2.53. The zero-order valence-corrected chi connectivity index (χ0v) is 6.18. The summed E-state index contributed by atoms with van der Waals surface area (Å²) in [5, 5.41) is 6.54. The van der Waals surface area contributed by atoms with Crippen molar-refractivity contribution in [2.45, 2.75) is 13.3 Å². The SMILES string of the molecule is Cc1n[nH]c2c1C(=O)CCO2. The Morgan fingerprint density at radius 2 is 2.45 bits per heavy atom. The lowest BCUT2D eigenvalue weighted by atomic mass is 10.1. The summed E-state index contributed by atoms with van der Waals surface area (Å²) in [7, 11) is 0. The molecule has 0 atom stereocenters. The summed E-state index contributed by atoms with van der Waals surface area (Å²) in [6, 6.07) is 0. The van der Waals surface area contributed by atoms with Gasteiger partial charge < -0.3 is 4.74 Å². The van der Waals surface area contributed by atoms with Gasteiger partial charge in [0.05, 0.1) is 12.3 Å². The van der Waals surface area contributed by atoms with E-state index in [1.54, 1.807) is 6.92 Å². The van der Waals surface area contributed by atoms with Crippen LogP contribution >= 0.6 is 0 Å². The average Bonchev–Trinajstić information content (AvgIpc) is 2.34. The van der Waals surface area contributed by atoms with Gasteiger partial charge in [-0.2, -0.15) is 5.10 Å². The van der Waals surface area contributed by atoms with Crippen LogP contribution in [-0.4, -0.2) is 22.6 Å². The molecular weight excluding hydrogens is 144 g/mol. The van der Waals surface area contributed by atoms with Crippen molar-refractivity contribution in [3.8, 4) is 5.88 Å². The Morgan fingerprint density at radius 1 is 1.64 bits per heavy atom. The molecule has 2 rings (SSSR count). The molecule has 0 aromatic carbocycles. The van der Waals surface area contributed by atoms with E-state index >= 15 is 0 Å². The number of ketones is 1. The predicted molar refractivity (Wildman–Crippen MR) is 37.8 cm³/mol. The third-order valence-electron chi connectivity index (χ3n) is 1.77. The van der Waals surface area contributed by atoms with Crippen molar-refractivity contribution in [3.05, 3.63) is 11.3 Å². The maximum atomic E-state index is 11.2. The van der Waals surface area contributed by atoms with E-state index in [4.69, 9.17) is 4.74 Å². The van der Waals surface area contributed by atoms with E-state index in [2.05, 4.69) is 10.2 Å². The minimum Gasteiger partial charge on any atom is -0.477 e. The molecule has 11 heavy (non-hydrogen) atoms. The van der Waals surface area contributed by atoms with Crippen molar-refractivity contribution in [1.82, 2.24) is 10.2 Å². The lowest BCUT2D eigenvalue weighted by molar-refractivity contribution is 0.0931. The van der Waals surface area contributed by atoms with Crippen molar-refractivity contribution in [1.29, 1.82) is 0 Å². The number of aromatic amines is 1. The molecule has 4 nitrogen and oxygen atoms in total. The third-order valence-corrected chi connectivity index (χ3v) is 1.77. The number of H-pyrrole nitrogens is 1. The Kier molecular flexibility index (Phi) is 1.21. The Hall–Kier alpha value is -1.32. The van der Waals surface area contributed by atoms with E-state index < -0.39 is 0 Å². The molecule has 0 radical (unpaired) electrons. The molecule has 0 saturated heterocycles. The van der Waals surface area contributed by atoms with Crippen molar-refractivity contribution < 1.29 is 9.53 Å². The molecule has 0 fully saturated rings. The molecule has 1 aromatic rings. The topological polar surface area (TPSA) is 55.0 Å². The molecular formula is C7H8N2O2. The van der Waals surface area contributed by atoms with E-state index in [0.717, 1.165) is 5.69 Å². The first-order valence-corrected chi connectivity index (χ1v) is 3.50. The number of aryl methyl sites for hydroxylation is 1. The number of ether oxygens (including phenoxy) is 1. The molecule has 1 N–H and O–H groups in total. The van der Waals surface area contributed by atoms with E-state index in [1.807, 2.05) is 0 Å². The smallest absolute Gasteiger partial charge is 0.220 e. The van der Waals surface area contributed by atoms with Crippen molar-refractivity contribution in [2.24, 2.45) is 0 Å². The highest BCUT2D eigenvalue weighted by Gasteiger charge is 2.22. The van der Waals surface area contributed by atoms with Crippen LogP contribution in [0.25, 0.3) is 0 Å². The van der Waals surface area contributed by atoms with Crippen LogP contribution in [0.4, 0.5) is 0 Å². The number of aromatic nitrogens is 2. The molecule has 0 bridgehead atoms. The zero-order chi connectivity index (χ0) is 7.84. The van der Waals surface area contributed by atoms with Crippen LogP contribution in [0.15, 0.2) is 0 Å². The number of nitrogens with one attached hydrogen (secondary N) is 1. The second-order valence-electron chi connectivity index (χ2n) is 2.53. The van der Waals surface area contributed by atoms with E-state index in [-0.39, 0.29) is 5.78 Å². The highest BCUT2D eigenvalue weighted by Crippen LogP contribution is 2.23. The quantitative estimate of drug-likeness (QED) is 0.594. The fraction of sp³-hybridized carbons (Fsp3) is 0.429. The molecule has 0 spiro atoms. The summed E-state index contributed by atoms with van der Waals surface area (Å²) in [6.45, 7) is 2.26. The van der Waals surface area contributed by atoms with Gasteiger partial charge in [0, 0.05) is 6.42 Å². The van der Waals surface area contributed by atoms with Gasteiger partial charge in [-0.1, -0.05) is 0 Å². The molecule has 0 aliphatic carbocycles. The molecule has 0 amide bonds. The maximum absolute atomic E-state index is 11.2. The number of carbonyl (C=O) groups is 1. The van der Waals surface area contributed by atoms with Crippen LogP contribution in [0, 0.1) is 6.92 Å². The van der Waals surface area contributed by atoms with Gasteiger partial charge in [0.1, 0.15) is 5.56 Å². The number of Topliss-reactive ketones (excluding diaryl/α,β-unsaturated/α-hetero) is 1. The highest BCUT2D eigenvalue weighted by atomic mass is 16.5. The number of nitrogens with zero attached hydrogens (tertiary/aromatic N) is 1. The van der Waals surface area contributed by atoms with Gasteiger partial charge in [-0.05, 0) is 6.92 Å². The molecule has 2 heterocycles. The van der Waals surface area contributed by atoms with E-state index in [1.165, 1.54) is 0 Å². The normalized spacial score (nSPS) is 15.9. The second kappa shape index (κ2) is 2.08. The van der Waals surface area contributed by atoms with Gasteiger partial charge in [-0.3, -0.25) is 4.79 Å². The fourth-order valence-electron chi connectivity index (χ4n) is 1.21. The minimum absolute atomic E-state index is 0.123. The molecule has 58 valence electrons. The first-order chi connectivity index (χ1) is 5.29. The summed E-state index contributed by atoms with van der Waals surface area (Å²) in [6.07, 6.45) is 0.466. The van der Waals surface area contributed by atoms with Gasteiger partial charge in [0.25, 0.3) is 0 Å². The summed E-state index contributed by atoms with van der Waals surface area (Å²) in [5.41, 5.74) is 1.35. The van der Waals surface area contributed by atoms with Crippen LogP contribution in [0.2, 0.25) is 0 Å². The van der Waals surface area contributed by atoms with Gasteiger partial charge in [-0.25, -0.2) is 5.10 Å². The fourth-order valence-corrected chi connectivity index (χ4v) is 1.21. The Bertz CT molecular complexity index is 303. The zero-order valence-electron chi connectivity index (χ0n) is 6.18. The van der Waals surface area contributed by atoms with Gasteiger partial charge in [0.2, 0.25) is 5.88 Å². The van der Waals surface area contributed by atoms with E-state index in [9.17, 15) is 4.79 Å². The highest BCUT2D eigenvalue weighted by molar-refractivity contribution is 6.00. The lowest BCUT2D eigenvalue weighted by Gasteiger charge is -2.10. The first-order valence-electron chi connectivity index (χ1n) is 3.50. The summed E-state index contributed by atoms with van der Waals surface area (Å²) in [5.74, 6) is 0.649. The molecule has 1 aromatic heterocycles. The Labute approximate surface area is 63.6 Å². The largest absolute Gasteiger partial charge is 0.477 e. The van der Waals surface area contributed by atoms with Crippen LogP contribution in [0.3, 0.4) is 0 Å². The van der Waals surface area contributed by atoms with Crippen LogP contribution < -0.4 is 4.74 Å². The number of carbonyl (C=O) groups excluding carboxylic acids is 1. The van der Waals surface area contributed by atoms with Crippen molar-refractivity contribution in [3.63, 3.8) is 0 Å². The average molecular weight is 152 g/mol. The number of hydrogen-bond acceptors (Lipinski definition) is 3. The van der Waals surface area contributed by atoms with E-state index in [0.29, 0.717) is 24.5 Å². The standard InChI is InChI=1S/C7H8N2O2/c1-4-6-5(10)2-3-11-7(6)9-8-4/h2-3H2,1H3,(H,8,9). The van der Waals surface area contributed by atoms with Crippen LogP contribution in [0.5, 0.6) is 5.88 Å². The molecule has 1 aliphatic heterocycles. The molecule has 0 unspecified atom stereocenters. The first kappa shape index (κ1) is 6.39. The predicted octanol–water partition coefficient (Wildman–Crippen LogP) is 0.683. The van der Waals surface area contributed by atoms with Crippen molar-refractivity contribution >= 4 is 5.78 Å². The molecule has 1 aliphatic rings. The lowest BCUT2D eigenvalue weighted by Crippen LogP contribution is -2.14. The van der Waals surface area contributed by atoms with Crippen LogP contribution in [0.1, 0.15) is 22.5 Å². The number of hydrogen-bond donors (Lipinski definition) is 1. The van der Waals surface area contributed by atoms with Gasteiger partial charge >= 0.3 is 0 Å². The monoisotopic (exact) mass is 152 g/mol. The van der Waals surface area contributed by atoms with Gasteiger partial charge in [-0.15, -0.1) is 0 Å². The Balaban J connectivity index is 2.56. The third kappa shape index (κ3) is 0.824. The van der Waals surface area contributed by atoms with Crippen molar-refractivity contribution in [2.75, 3.05) is 6.61 Å². The Morgan fingerprint density at radius 3 is 3.18 bits per heavy atom.